The second-order valence-corrected chi connectivity index (χ2v) is 7.49. The van der Waals surface area contributed by atoms with Crippen molar-refractivity contribution in [2.24, 2.45) is 0 Å². The molecule has 0 atom stereocenters. The van der Waals surface area contributed by atoms with Crippen LogP contribution in [-0.4, -0.2) is 61.0 Å². The van der Waals surface area contributed by atoms with Gasteiger partial charge in [-0.25, -0.2) is 8.78 Å². The fraction of sp³-hybridized carbons (Fsp3) is 0.273. The van der Waals surface area contributed by atoms with Crippen molar-refractivity contribution < 1.29 is 22.9 Å². The van der Waals surface area contributed by atoms with Gasteiger partial charge >= 0.3 is 0 Å². The Balaban J connectivity index is 1.49. The first-order valence-electron chi connectivity index (χ1n) is 9.45. The summed E-state index contributed by atoms with van der Waals surface area (Å²) in [6.45, 7) is 2.70. The summed E-state index contributed by atoms with van der Waals surface area (Å²) in [4.78, 5) is 26.5. The summed E-state index contributed by atoms with van der Waals surface area (Å²) in [6, 6.07) is 11.6. The number of hydrogen-bond acceptors (Lipinski definition) is 2. The molecule has 0 spiro atoms. The van der Waals surface area contributed by atoms with Gasteiger partial charge in [0.05, 0.1) is 33.2 Å². The van der Waals surface area contributed by atoms with Crippen LogP contribution in [0.3, 0.4) is 0 Å². The first-order valence-corrected chi connectivity index (χ1v) is 9.45. The highest BCUT2D eigenvalue weighted by atomic mass is 19.1. The van der Waals surface area contributed by atoms with E-state index in [1.165, 1.54) is 42.5 Å². The van der Waals surface area contributed by atoms with E-state index in [9.17, 15) is 18.4 Å². The van der Waals surface area contributed by atoms with Crippen molar-refractivity contribution in [2.45, 2.75) is 0 Å². The van der Waals surface area contributed by atoms with E-state index in [1.54, 1.807) is 23.1 Å². The van der Waals surface area contributed by atoms with Crippen LogP contribution in [0.15, 0.2) is 54.6 Å². The summed E-state index contributed by atoms with van der Waals surface area (Å²) in [7, 11) is 1.99. The summed E-state index contributed by atoms with van der Waals surface area (Å²) in [5, 5.41) is 2.78. The van der Waals surface area contributed by atoms with Gasteiger partial charge in [0.1, 0.15) is 11.6 Å². The van der Waals surface area contributed by atoms with E-state index in [0.717, 1.165) is 5.56 Å². The van der Waals surface area contributed by atoms with Crippen molar-refractivity contribution in [1.82, 2.24) is 4.90 Å². The Labute approximate surface area is 168 Å². The van der Waals surface area contributed by atoms with Gasteiger partial charge < -0.3 is 14.7 Å². The molecule has 0 unspecified atom stereocenters. The second kappa shape index (κ2) is 8.96. The molecule has 3 rings (SSSR count). The summed E-state index contributed by atoms with van der Waals surface area (Å²) < 4.78 is 26.4. The predicted octanol–water partition coefficient (Wildman–Crippen LogP) is 2.91. The number of benzene rings is 2. The van der Waals surface area contributed by atoms with E-state index in [-0.39, 0.29) is 30.0 Å². The highest BCUT2D eigenvalue weighted by molar-refractivity contribution is 5.92. The Morgan fingerprint density at radius 1 is 1.00 bits per heavy atom. The number of hydrogen-bond donors (Lipinski definition) is 1. The summed E-state index contributed by atoms with van der Waals surface area (Å²) in [6.07, 6.45) is 3.16. The average Bonchev–Trinajstić information content (AvgIpc) is 2.69. The van der Waals surface area contributed by atoms with Gasteiger partial charge in [-0.2, -0.15) is 0 Å². The zero-order chi connectivity index (χ0) is 20.9. The SMILES string of the molecule is C[N+]1(CC(=O)Nc2ccc(F)cc2)CCN(C(=O)/C=C/c2ccc(F)cc2)CC1. The van der Waals surface area contributed by atoms with Gasteiger partial charge in [-0.3, -0.25) is 9.59 Å². The molecule has 1 saturated heterocycles. The number of anilines is 1. The highest BCUT2D eigenvalue weighted by Gasteiger charge is 2.32. The molecule has 1 heterocycles. The Kier molecular flexibility index (Phi) is 6.39. The van der Waals surface area contributed by atoms with Gasteiger partial charge in [0.25, 0.3) is 5.91 Å². The number of amides is 2. The molecule has 5 nitrogen and oxygen atoms in total. The van der Waals surface area contributed by atoms with E-state index in [2.05, 4.69) is 5.32 Å². The second-order valence-electron chi connectivity index (χ2n) is 7.49. The molecule has 1 aliphatic rings. The normalized spacial score (nSPS) is 16.0. The number of nitrogens with one attached hydrogen (secondary N) is 1. The van der Waals surface area contributed by atoms with Gasteiger partial charge in [0.2, 0.25) is 5.91 Å². The Bertz CT molecular complexity index is 887. The van der Waals surface area contributed by atoms with Crippen molar-refractivity contribution in [3.63, 3.8) is 0 Å². The third kappa shape index (κ3) is 5.96. The monoisotopic (exact) mass is 400 g/mol. The minimum absolute atomic E-state index is 0.101. The largest absolute Gasteiger partial charge is 0.328 e. The van der Waals surface area contributed by atoms with Crippen LogP contribution in [0.4, 0.5) is 14.5 Å². The van der Waals surface area contributed by atoms with Crippen LogP contribution in [0.2, 0.25) is 0 Å². The fourth-order valence-corrected chi connectivity index (χ4v) is 3.25. The minimum Gasteiger partial charge on any atom is -0.328 e. The zero-order valence-corrected chi connectivity index (χ0v) is 16.3. The van der Waals surface area contributed by atoms with Crippen molar-refractivity contribution in [3.05, 3.63) is 71.8 Å². The van der Waals surface area contributed by atoms with Crippen LogP contribution in [0.5, 0.6) is 0 Å². The molecule has 2 aromatic carbocycles. The Hall–Kier alpha value is -3.06. The van der Waals surface area contributed by atoms with E-state index in [1.807, 2.05) is 7.05 Å². The molecule has 1 aliphatic heterocycles. The molecule has 152 valence electrons. The third-order valence-electron chi connectivity index (χ3n) is 5.07. The number of nitrogens with zero attached hydrogens (tertiary/aromatic N) is 2. The van der Waals surface area contributed by atoms with Crippen molar-refractivity contribution >= 4 is 23.6 Å². The lowest BCUT2D eigenvalue weighted by Crippen LogP contribution is -2.60. The van der Waals surface area contributed by atoms with Crippen LogP contribution in [-0.2, 0) is 9.59 Å². The van der Waals surface area contributed by atoms with Crippen molar-refractivity contribution in [1.29, 1.82) is 0 Å². The lowest BCUT2D eigenvalue weighted by molar-refractivity contribution is -0.905. The van der Waals surface area contributed by atoms with Crippen LogP contribution >= 0.6 is 0 Å². The average molecular weight is 400 g/mol. The molecule has 1 N–H and O–H groups in total. The van der Waals surface area contributed by atoms with Gasteiger partial charge in [-0.15, -0.1) is 0 Å². The molecule has 7 heteroatoms. The smallest absolute Gasteiger partial charge is 0.279 e. The van der Waals surface area contributed by atoms with Crippen molar-refractivity contribution in [2.75, 3.05) is 45.1 Å². The highest BCUT2D eigenvalue weighted by Crippen LogP contribution is 2.13. The first kappa shape index (κ1) is 20.7. The van der Waals surface area contributed by atoms with Gasteiger partial charge in [0, 0.05) is 11.8 Å². The number of carbonyl (C=O) groups is 2. The van der Waals surface area contributed by atoms with Gasteiger partial charge in [0.15, 0.2) is 6.54 Å². The molecule has 0 saturated carbocycles. The standard InChI is InChI=1S/C22H23F2N3O2/c1-27(16-21(28)25-20-9-7-19(24)8-10-20)14-12-26(13-15-27)22(29)11-4-17-2-5-18(23)6-3-17/h2-11H,12-16H2,1H3/p+1/b11-4+. The first-order chi connectivity index (χ1) is 13.8. The lowest BCUT2D eigenvalue weighted by Gasteiger charge is -2.41. The molecule has 29 heavy (non-hydrogen) atoms. The van der Waals surface area contributed by atoms with E-state index < -0.39 is 0 Å². The van der Waals surface area contributed by atoms with Gasteiger partial charge in [-0.05, 0) is 48.0 Å². The molecule has 0 aromatic heterocycles. The van der Waals surface area contributed by atoms with Crippen LogP contribution in [0, 0.1) is 11.6 Å². The molecule has 0 aliphatic carbocycles. The Morgan fingerprint density at radius 3 is 2.14 bits per heavy atom. The van der Waals surface area contributed by atoms with Gasteiger partial charge in [-0.1, -0.05) is 12.1 Å². The maximum atomic E-state index is 13.0. The van der Waals surface area contributed by atoms with E-state index in [0.29, 0.717) is 36.3 Å². The quantitative estimate of drug-likeness (QED) is 0.620. The molecule has 1 fully saturated rings. The number of piperazine rings is 1. The fourth-order valence-electron chi connectivity index (χ4n) is 3.25. The van der Waals surface area contributed by atoms with E-state index >= 15 is 0 Å². The number of quaternary nitrogens is 1. The maximum Gasteiger partial charge on any atom is 0.279 e. The summed E-state index contributed by atoms with van der Waals surface area (Å²) in [5.74, 6) is -0.910. The van der Waals surface area contributed by atoms with Crippen molar-refractivity contribution in [3.8, 4) is 0 Å². The summed E-state index contributed by atoms with van der Waals surface area (Å²) in [5.41, 5.74) is 1.32. The molecular formula is C22H24F2N3O2+. The maximum absolute atomic E-state index is 13.0. The molecule has 2 amide bonds. The van der Waals surface area contributed by atoms with Crippen LogP contribution < -0.4 is 5.32 Å². The number of likely N-dealkylation sites (N-methyl/N-ethyl adjacent to an activating group) is 1. The predicted molar refractivity (Wildman–Crippen MR) is 108 cm³/mol. The molecular weight excluding hydrogens is 376 g/mol. The zero-order valence-electron chi connectivity index (χ0n) is 16.3. The minimum atomic E-state index is -0.351. The lowest BCUT2D eigenvalue weighted by atomic mass is 10.2. The molecule has 2 aromatic rings. The number of rotatable bonds is 5. The van der Waals surface area contributed by atoms with Crippen LogP contribution in [0.25, 0.3) is 6.08 Å². The Morgan fingerprint density at radius 2 is 1.55 bits per heavy atom. The molecule has 0 bridgehead atoms. The van der Waals surface area contributed by atoms with Crippen LogP contribution in [0.1, 0.15) is 5.56 Å². The number of carbonyl (C=O) groups excluding carboxylic acids is 2. The number of halogens is 2. The topological polar surface area (TPSA) is 49.4 Å². The summed E-state index contributed by atoms with van der Waals surface area (Å²) >= 11 is 0. The van der Waals surface area contributed by atoms with E-state index in [4.69, 9.17) is 0 Å². The third-order valence-corrected chi connectivity index (χ3v) is 5.07. The molecule has 0 radical (unpaired) electrons.